The van der Waals surface area contributed by atoms with Crippen LogP contribution in [-0.4, -0.2) is 14.7 Å². The summed E-state index contributed by atoms with van der Waals surface area (Å²) in [6.45, 7) is 4.13. The highest BCUT2D eigenvalue weighted by Crippen LogP contribution is 2.48. The zero-order valence-corrected chi connectivity index (χ0v) is 11.4. The molecule has 1 aliphatic heterocycles. The molecule has 0 spiro atoms. The molecule has 4 nitrogen and oxygen atoms in total. The fraction of sp³-hybridized carbons (Fsp3) is 0.308. The number of benzene rings is 1. The molecule has 0 aliphatic carbocycles. The number of nitrogens with zero attached hydrogens (tertiary/aromatic N) is 2. The third-order valence-electron chi connectivity index (χ3n) is 2.95. The number of anilines is 1. The Balaban J connectivity index is 2.05. The third-order valence-corrected chi connectivity index (χ3v) is 4.08. The largest absolute Gasteiger partial charge is 0.476 e. The number of aryl methyl sites for hydroxylation is 1. The molecule has 1 aliphatic rings. The molecule has 94 valence electrons. The molecule has 0 unspecified atom stereocenters. The monoisotopic (exact) mass is 261 g/mol. The lowest BCUT2D eigenvalue weighted by Gasteiger charge is -2.15. The van der Waals surface area contributed by atoms with Crippen molar-refractivity contribution in [2.75, 3.05) is 5.73 Å². The van der Waals surface area contributed by atoms with Crippen molar-refractivity contribution >= 4 is 17.6 Å². The van der Waals surface area contributed by atoms with Crippen molar-refractivity contribution < 1.29 is 4.74 Å². The van der Waals surface area contributed by atoms with E-state index in [1.807, 2.05) is 13.1 Å². The highest BCUT2D eigenvalue weighted by atomic mass is 32.2. The lowest BCUT2D eigenvalue weighted by molar-refractivity contribution is 0.215. The molecule has 0 saturated heterocycles. The average molecular weight is 261 g/mol. The van der Waals surface area contributed by atoms with Crippen LogP contribution in [0.15, 0.2) is 29.3 Å². The van der Waals surface area contributed by atoms with Gasteiger partial charge < -0.3 is 10.5 Å². The Morgan fingerprint density at radius 3 is 2.83 bits per heavy atom. The Kier molecular flexibility index (Phi) is 2.35. The SMILES string of the molecule is Cn1ncc(-c2ccc3c(c2)OC(C)(C)S3)c1N. The maximum atomic E-state index is 5.99. The minimum Gasteiger partial charge on any atom is -0.476 e. The molecule has 2 N–H and O–H groups in total. The molecular formula is C13H15N3OS. The molecule has 1 aromatic carbocycles. The number of aromatic nitrogens is 2. The van der Waals surface area contributed by atoms with E-state index in [4.69, 9.17) is 10.5 Å². The van der Waals surface area contributed by atoms with E-state index in [-0.39, 0.29) is 4.93 Å². The van der Waals surface area contributed by atoms with Gasteiger partial charge in [0.2, 0.25) is 0 Å². The number of ether oxygens (including phenoxy) is 1. The van der Waals surface area contributed by atoms with Crippen LogP contribution in [0, 0.1) is 0 Å². The zero-order valence-electron chi connectivity index (χ0n) is 10.6. The Morgan fingerprint density at radius 1 is 1.39 bits per heavy atom. The molecule has 1 aromatic heterocycles. The van der Waals surface area contributed by atoms with Crippen LogP contribution in [0.5, 0.6) is 5.75 Å². The standard InChI is InChI=1S/C13H15N3OS/c1-13(2)17-10-6-8(4-5-11(10)18-13)9-7-15-16(3)12(9)14/h4-7H,14H2,1-3H3. The number of fused-ring (bicyclic) bond motifs is 1. The number of nitrogen functional groups attached to an aromatic ring is 1. The van der Waals surface area contributed by atoms with Crippen molar-refractivity contribution in [3.63, 3.8) is 0 Å². The number of hydrogen-bond donors (Lipinski definition) is 1. The molecule has 0 atom stereocenters. The van der Waals surface area contributed by atoms with Crippen LogP contribution in [0.3, 0.4) is 0 Å². The molecule has 0 saturated carbocycles. The predicted molar refractivity (Wildman–Crippen MR) is 73.6 cm³/mol. The molecular weight excluding hydrogens is 246 g/mol. The minimum atomic E-state index is -0.193. The number of thioether (sulfide) groups is 1. The molecule has 0 bridgehead atoms. The van der Waals surface area contributed by atoms with Crippen molar-refractivity contribution in [1.82, 2.24) is 9.78 Å². The lowest BCUT2D eigenvalue weighted by Crippen LogP contribution is -2.18. The topological polar surface area (TPSA) is 53.1 Å². The summed E-state index contributed by atoms with van der Waals surface area (Å²) in [7, 11) is 1.83. The molecule has 18 heavy (non-hydrogen) atoms. The Hall–Kier alpha value is -1.62. The maximum absolute atomic E-state index is 5.99. The van der Waals surface area contributed by atoms with Gasteiger partial charge in [-0.1, -0.05) is 17.8 Å². The van der Waals surface area contributed by atoms with Crippen LogP contribution in [0.25, 0.3) is 11.1 Å². The second-order valence-electron chi connectivity index (χ2n) is 4.83. The van der Waals surface area contributed by atoms with Crippen molar-refractivity contribution in [3.8, 4) is 16.9 Å². The van der Waals surface area contributed by atoms with E-state index in [0.717, 1.165) is 16.9 Å². The molecule has 0 radical (unpaired) electrons. The first-order valence-electron chi connectivity index (χ1n) is 5.76. The first-order valence-corrected chi connectivity index (χ1v) is 6.58. The Morgan fingerprint density at radius 2 is 2.17 bits per heavy atom. The van der Waals surface area contributed by atoms with E-state index in [9.17, 15) is 0 Å². The van der Waals surface area contributed by atoms with Crippen LogP contribution in [0.2, 0.25) is 0 Å². The quantitative estimate of drug-likeness (QED) is 0.857. The van der Waals surface area contributed by atoms with E-state index in [0.29, 0.717) is 5.82 Å². The van der Waals surface area contributed by atoms with Gasteiger partial charge in [0, 0.05) is 12.6 Å². The summed E-state index contributed by atoms with van der Waals surface area (Å²) in [6, 6.07) is 6.17. The van der Waals surface area contributed by atoms with Crippen LogP contribution in [0.4, 0.5) is 5.82 Å². The van der Waals surface area contributed by atoms with Gasteiger partial charge >= 0.3 is 0 Å². The van der Waals surface area contributed by atoms with Gasteiger partial charge in [0.15, 0.2) is 4.93 Å². The van der Waals surface area contributed by atoms with E-state index >= 15 is 0 Å². The zero-order chi connectivity index (χ0) is 12.9. The van der Waals surface area contributed by atoms with Crippen LogP contribution in [0.1, 0.15) is 13.8 Å². The number of hydrogen-bond acceptors (Lipinski definition) is 4. The Bertz CT molecular complexity index is 619. The van der Waals surface area contributed by atoms with Gasteiger partial charge in [0.1, 0.15) is 11.6 Å². The van der Waals surface area contributed by atoms with Crippen LogP contribution >= 0.6 is 11.8 Å². The van der Waals surface area contributed by atoms with Gasteiger partial charge in [-0.15, -0.1) is 0 Å². The van der Waals surface area contributed by atoms with Gasteiger partial charge in [0.05, 0.1) is 11.1 Å². The Labute approximate surface area is 110 Å². The number of rotatable bonds is 1. The van der Waals surface area contributed by atoms with Gasteiger partial charge in [-0.2, -0.15) is 5.10 Å². The summed E-state index contributed by atoms with van der Waals surface area (Å²) in [5, 5.41) is 4.16. The van der Waals surface area contributed by atoms with E-state index in [1.54, 1.807) is 22.6 Å². The lowest BCUT2D eigenvalue weighted by atomic mass is 10.1. The van der Waals surface area contributed by atoms with Crippen LogP contribution in [-0.2, 0) is 7.05 Å². The summed E-state index contributed by atoms with van der Waals surface area (Å²) >= 11 is 1.73. The molecule has 0 fully saturated rings. The van der Waals surface area contributed by atoms with E-state index < -0.39 is 0 Å². The van der Waals surface area contributed by atoms with Gasteiger partial charge in [-0.25, -0.2) is 0 Å². The van der Waals surface area contributed by atoms with Gasteiger partial charge in [0.25, 0.3) is 0 Å². The fourth-order valence-corrected chi connectivity index (χ4v) is 3.06. The van der Waals surface area contributed by atoms with Crippen molar-refractivity contribution in [2.24, 2.45) is 7.05 Å². The molecule has 2 aromatic rings. The summed E-state index contributed by atoms with van der Waals surface area (Å²) < 4.78 is 7.57. The molecule has 5 heteroatoms. The van der Waals surface area contributed by atoms with Crippen molar-refractivity contribution in [3.05, 3.63) is 24.4 Å². The van der Waals surface area contributed by atoms with E-state index in [1.165, 1.54) is 4.90 Å². The second-order valence-corrected chi connectivity index (χ2v) is 6.46. The van der Waals surface area contributed by atoms with Gasteiger partial charge in [-0.05, 0) is 31.5 Å². The highest BCUT2D eigenvalue weighted by Gasteiger charge is 2.31. The normalized spacial score (nSPS) is 16.4. The smallest absolute Gasteiger partial charge is 0.153 e. The van der Waals surface area contributed by atoms with Gasteiger partial charge in [-0.3, -0.25) is 4.68 Å². The second kappa shape index (κ2) is 3.68. The maximum Gasteiger partial charge on any atom is 0.153 e. The summed E-state index contributed by atoms with van der Waals surface area (Å²) in [5.41, 5.74) is 7.97. The first-order chi connectivity index (χ1) is 8.46. The summed E-state index contributed by atoms with van der Waals surface area (Å²) in [4.78, 5) is 0.979. The predicted octanol–water partition coefficient (Wildman–Crippen LogP) is 2.89. The van der Waals surface area contributed by atoms with E-state index in [2.05, 4.69) is 31.1 Å². The van der Waals surface area contributed by atoms with Crippen molar-refractivity contribution in [2.45, 2.75) is 23.7 Å². The fourth-order valence-electron chi connectivity index (χ4n) is 2.06. The molecule has 2 heterocycles. The summed E-state index contributed by atoms with van der Waals surface area (Å²) in [5.74, 6) is 1.59. The number of nitrogens with two attached hydrogens (primary N) is 1. The highest BCUT2D eigenvalue weighted by molar-refractivity contribution is 8.00. The average Bonchev–Trinajstić information content (AvgIpc) is 2.77. The molecule has 3 rings (SSSR count). The minimum absolute atomic E-state index is 0.193. The summed E-state index contributed by atoms with van der Waals surface area (Å²) in [6.07, 6.45) is 1.78. The molecule has 0 amide bonds. The first kappa shape index (κ1) is 11.5. The van der Waals surface area contributed by atoms with Crippen molar-refractivity contribution in [1.29, 1.82) is 0 Å². The third kappa shape index (κ3) is 1.75. The van der Waals surface area contributed by atoms with Crippen LogP contribution < -0.4 is 10.5 Å².